The van der Waals surface area contributed by atoms with Gasteiger partial charge < -0.3 is 5.32 Å². The molecule has 0 aliphatic rings. The predicted molar refractivity (Wildman–Crippen MR) is 73.3 cm³/mol. The summed E-state index contributed by atoms with van der Waals surface area (Å²) in [5.41, 5.74) is 0.585. The molecule has 0 unspecified atom stereocenters. The van der Waals surface area contributed by atoms with Gasteiger partial charge in [0.2, 0.25) is 15.9 Å². The van der Waals surface area contributed by atoms with Crippen molar-refractivity contribution in [1.29, 1.82) is 0 Å². The molecule has 112 valence electrons. The van der Waals surface area contributed by atoms with Crippen molar-refractivity contribution >= 4 is 21.7 Å². The van der Waals surface area contributed by atoms with Crippen molar-refractivity contribution < 1.29 is 17.6 Å². The van der Waals surface area contributed by atoms with Crippen LogP contribution in [0.3, 0.4) is 0 Å². The fourth-order valence-corrected chi connectivity index (χ4v) is 2.39. The molecule has 0 bridgehead atoms. The Morgan fingerprint density at radius 2 is 2.00 bits per heavy atom. The first-order valence-corrected chi connectivity index (χ1v) is 7.41. The van der Waals surface area contributed by atoms with Crippen LogP contribution >= 0.6 is 0 Å². The minimum absolute atomic E-state index is 0.0408. The lowest BCUT2D eigenvalue weighted by atomic mass is 10.1. The highest BCUT2D eigenvalue weighted by atomic mass is 32.2. The maximum absolute atomic E-state index is 12.8. The van der Waals surface area contributed by atoms with Gasteiger partial charge in [-0.05, 0) is 17.7 Å². The summed E-state index contributed by atoms with van der Waals surface area (Å²) in [6, 6.07) is 5.40. The Labute approximate surface area is 120 Å². The molecule has 1 aromatic carbocycles. The standard InChI is InChI=1S/C12H13FN4O3S/c1-17-7-10(21(14,19)20)12(16-17)15-11(18)6-8-2-4-9(13)5-3-8/h2-5,7H,6H2,1H3,(H2,14,19,20)(H,15,16,18). The van der Waals surface area contributed by atoms with Gasteiger partial charge in [-0.25, -0.2) is 17.9 Å². The Hall–Kier alpha value is -2.26. The molecule has 0 saturated heterocycles. The second-order valence-electron chi connectivity index (χ2n) is 4.41. The average Bonchev–Trinajstić information content (AvgIpc) is 2.73. The first-order valence-electron chi connectivity index (χ1n) is 5.86. The number of aromatic nitrogens is 2. The smallest absolute Gasteiger partial charge is 0.243 e. The number of primary sulfonamides is 1. The summed E-state index contributed by atoms with van der Waals surface area (Å²) in [6.45, 7) is 0. The zero-order valence-corrected chi connectivity index (χ0v) is 11.9. The van der Waals surface area contributed by atoms with Crippen LogP contribution in [0.25, 0.3) is 0 Å². The maximum atomic E-state index is 12.8. The zero-order chi connectivity index (χ0) is 15.6. The van der Waals surface area contributed by atoms with E-state index in [9.17, 15) is 17.6 Å². The third-order valence-corrected chi connectivity index (χ3v) is 3.55. The Morgan fingerprint density at radius 1 is 1.38 bits per heavy atom. The van der Waals surface area contributed by atoms with Crippen molar-refractivity contribution in [3.63, 3.8) is 0 Å². The first kappa shape index (κ1) is 15.1. The van der Waals surface area contributed by atoms with E-state index in [1.165, 1.54) is 42.2 Å². The lowest BCUT2D eigenvalue weighted by molar-refractivity contribution is -0.115. The van der Waals surface area contributed by atoms with E-state index in [1.807, 2.05) is 0 Å². The SMILES string of the molecule is Cn1cc(S(N)(=O)=O)c(NC(=O)Cc2ccc(F)cc2)n1. The summed E-state index contributed by atoms with van der Waals surface area (Å²) >= 11 is 0. The maximum Gasteiger partial charge on any atom is 0.243 e. The lowest BCUT2D eigenvalue weighted by Gasteiger charge is -2.04. The largest absolute Gasteiger partial charge is 0.308 e. The number of hydrogen-bond acceptors (Lipinski definition) is 4. The number of halogens is 1. The van der Waals surface area contributed by atoms with E-state index in [0.717, 1.165) is 0 Å². The molecule has 0 atom stereocenters. The number of amides is 1. The Balaban J connectivity index is 2.15. The van der Waals surface area contributed by atoms with Crippen molar-refractivity contribution in [3.05, 3.63) is 41.8 Å². The number of benzene rings is 1. The van der Waals surface area contributed by atoms with Gasteiger partial charge >= 0.3 is 0 Å². The van der Waals surface area contributed by atoms with Gasteiger partial charge in [-0.2, -0.15) is 5.10 Å². The number of rotatable bonds is 4. The van der Waals surface area contributed by atoms with E-state index in [2.05, 4.69) is 10.4 Å². The summed E-state index contributed by atoms with van der Waals surface area (Å²) < 4.78 is 36.7. The van der Waals surface area contributed by atoms with Crippen LogP contribution in [0.5, 0.6) is 0 Å². The van der Waals surface area contributed by atoms with Crippen LogP contribution < -0.4 is 10.5 Å². The Bertz CT molecular complexity index is 768. The van der Waals surface area contributed by atoms with E-state index >= 15 is 0 Å². The molecule has 2 aromatic rings. The highest BCUT2D eigenvalue weighted by Gasteiger charge is 2.19. The van der Waals surface area contributed by atoms with E-state index in [-0.39, 0.29) is 17.1 Å². The minimum Gasteiger partial charge on any atom is -0.308 e. The van der Waals surface area contributed by atoms with Crippen LogP contribution in [0.15, 0.2) is 35.4 Å². The fraction of sp³-hybridized carbons (Fsp3) is 0.167. The van der Waals surface area contributed by atoms with E-state index in [1.54, 1.807) is 0 Å². The van der Waals surface area contributed by atoms with Crippen molar-refractivity contribution in [2.75, 3.05) is 5.32 Å². The third kappa shape index (κ3) is 3.86. The molecule has 0 saturated carbocycles. The van der Waals surface area contributed by atoms with Crippen molar-refractivity contribution in [2.24, 2.45) is 12.2 Å². The molecule has 7 nitrogen and oxygen atoms in total. The monoisotopic (exact) mass is 312 g/mol. The second kappa shape index (κ2) is 5.62. The van der Waals surface area contributed by atoms with Gasteiger partial charge in [0.15, 0.2) is 5.82 Å². The molecule has 2 rings (SSSR count). The molecule has 1 aromatic heterocycles. The molecule has 21 heavy (non-hydrogen) atoms. The number of nitrogens with one attached hydrogen (secondary N) is 1. The van der Waals surface area contributed by atoms with Crippen molar-refractivity contribution in [3.8, 4) is 0 Å². The van der Waals surface area contributed by atoms with Crippen LogP contribution in [0, 0.1) is 5.82 Å². The van der Waals surface area contributed by atoms with Crippen LogP contribution in [-0.2, 0) is 28.3 Å². The summed E-state index contributed by atoms with van der Waals surface area (Å²) in [5.74, 6) is -1.02. The summed E-state index contributed by atoms with van der Waals surface area (Å²) in [6.07, 6.45) is 1.16. The summed E-state index contributed by atoms with van der Waals surface area (Å²) in [5, 5.41) is 11.3. The number of nitrogens with zero attached hydrogens (tertiary/aromatic N) is 2. The molecular weight excluding hydrogens is 299 g/mol. The first-order chi connectivity index (χ1) is 9.75. The highest BCUT2D eigenvalue weighted by molar-refractivity contribution is 7.89. The van der Waals surface area contributed by atoms with E-state index in [4.69, 9.17) is 5.14 Å². The average molecular weight is 312 g/mol. The molecule has 0 aliphatic carbocycles. The van der Waals surface area contributed by atoms with Crippen LogP contribution in [0.2, 0.25) is 0 Å². The number of aryl methyl sites for hydroxylation is 1. The van der Waals surface area contributed by atoms with E-state index in [0.29, 0.717) is 5.56 Å². The zero-order valence-electron chi connectivity index (χ0n) is 11.1. The molecule has 0 fully saturated rings. The number of sulfonamides is 1. The van der Waals surface area contributed by atoms with Crippen molar-refractivity contribution in [1.82, 2.24) is 9.78 Å². The number of nitrogens with two attached hydrogens (primary N) is 1. The van der Waals surface area contributed by atoms with Crippen LogP contribution in [0.4, 0.5) is 10.2 Å². The minimum atomic E-state index is -3.98. The van der Waals surface area contributed by atoms with Gasteiger partial charge in [0.1, 0.15) is 10.7 Å². The van der Waals surface area contributed by atoms with Gasteiger partial charge in [0.05, 0.1) is 6.42 Å². The molecule has 3 N–H and O–H groups in total. The predicted octanol–water partition coefficient (Wildman–Crippen LogP) is 0.388. The number of carbonyl (C=O) groups is 1. The Morgan fingerprint density at radius 3 is 2.57 bits per heavy atom. The normalized spacial score (nSPS) is 11.4. The number of carbonyl (C=O) groups excluding carboxylic acids is 1. The van der Waals surface area contributed by atoms with Crippen molar-refractivity contribution in [2.45, 2.75) is 11.3 Å². The molecule has 9 heteroatoms. The Kier molecular flexibility index (Phi) is 4.05. The second-order valence-corrected chi connectivity index (χ2v) is 5.94. The summed E-state index contributed by atoms with van der Waals surface area (Å²) in [7, 11) is -2.48. The molecule has 1 heterocycles. The molecule has 0 spiro atoms. The lowest BCUT2D eigenvalue weighted by Crippen LogP contribution is -2.19. The third-order valence-electron chi connectivity index (χ3n) is 2.64. The molecular formula is C12H13FN4O3S. The van der Waals surface area contributed by atoms with Crippen LogP contribution in [-0.4, -0.2) is 24.1 Å². The number of hydrogen-bond donors (Lipinski definition) is 2. The topological polar surface area (TPSA) is 107 Å². The molecule has 1 amide bonds. The molecule has 0 radical (unpaired) electrons. The summed E-state index contributed by atoms with van der Waals surface area (Å²) in [4.78, 5) is 11.6. The fourth-order valence-electron chi connectivity index (χ4n) is 1.73. The van der Waals surface area contributed by atoms with E-state index < -0.39 is 21.7 Å². The van der Waals surface area contributed by atoms with Gasteiger partial charge in [0, 0.05) is 13.2 Å². The van der Waals surface area contributed by atoms with Gasteiger partial charge in [0.25, 0.3) is 0 Å². The quantitative estimate of drug-likeness (QED) is 0.851. The van der Waals surface area contributed by atoms with Gasteiger partial charge in [-0.15, -0.1) is 0 Å². The van der Waals surface area contributed by atoms with Gasteiger partial charge in [-0.1, -0.05) is 12.1 Å². The van der Waals surface area contributed by atoms with Crippen LogP contribution in [0.1, 0.15) is 5.56 Å². The highest BCUT2D eigenvalue weighted by Crippen LogP contribution is 2.17. The molecule has 0 aliphatic heterocycles. The van der Waals surface area contributed by atoms with Gasteiger partial charge in [-0.3, -0.25) is 9.48 Å². The number of anilines is 1.